The summed E-state index contributed by atoms with van der Waals surface area (Å²) in [6.07, 6.45) is 6.64. The molecule has 2 aliphatic rings. The lowest BCUT2D eigenvalue weighted by Crippen LogP contribution is -2.27. The SMILES string of the molecule is COC(=O)CC1(CSC2CCCC2N)CC1. The summed E-state index contributed by atoms with van der Waals surface area (Å²) in [7, 11) is 1.47. The summed E-state index contributed by atoms with van der Waals surface area (Å²) in [5.74, 6) is 1.02. The van der Waals surface area contributed by atoms with Gasteiger partial charge in [-0.3, -0.25) is 4.79 Å². The second kappa shape index (κ2) is 4.96. The van der Waals surface area contributed by atoms with E-state index < -0.39 is 0 Å². The molecule has 0 heterocycles. The maximum atomic E-state index is 11.3. The van der Waals surface area contributed by atoms with E-state index in [-0.39, 0.29) is 11.4 Å². The van der Waals surface area contributed by atoms with Gasteiger partial charge in [0.2, 0.25) is 0 Å². The molecule has 2 atom stereocenters. The highest BCUT2D eigenvalue weighted by Gasteiger charge is 2.45. The molecule has 2 saturated carbocycles. The van der Waals surface area contributed by atoms with Gasteiger partial charge >= 0.3 is 5.97 Å². The fourth-order valence-corrected chi connectivity index (χ4v) is 4.05. The molecule has 0 saturated heterocycles. The molecule has 2 fully saturated rings. The molecule has 0 amide bonds. The number of hydrogen-bond acceptors (Lipinski definition) is 4. The first-order valence-corrected chi connectivity index (χ1v) is 7.14. The molecule has 0 bridgehead atoms. The van der Waals surface area contributed by atoms with Crippen LogP contribution >= 0.6 is 11.8 Å². The minimum absolute atomic E-state index is 0.0613. The zero-order valence-corrected chi connectivity index (χ0v) is 10.7. The van der Waals surface area contributed by atoms with Gasteiger partial charge in [0.15, 0.2) is 0 Å². The Bertz CT molecular complexity index is 266. The standard InChI is InChI=1S/C12H21NO2S/c1-15-11(14)7-12(5-6-12)8-16-10-4-2-3-9(10)13/h9-10H,2-8,13H2,1H3. The summed E-state index contributed by atoms with van der Waals surface area (Å²) in [5.41, 5.74) is 6.29. The second-order valence-corrected chi connectivity index (χ2v) is 6.42. The third kappa shape index (κ3) is 2.92. The van der Waals surface area contributed by atoms with Crippen LogP contribution in [0.2, 0.25) is 0 Å². The van der Waals surface area contributed by atoms with Crippen LogP contribution in [-0.4, -0.2) is 30.1 Å². The van der Waals surface area contributed by atoms with Gasteiger partial charge in [-0.05, 0) is 36.9 Å². The third-order valence-corrected chi connectivity index (χ3v) is 5.60. The van der Waals surface area contributed by atoms with Gasteiger partial charge in [-0.15, -0.1) is 0 Å². The minimum atomic E-state index is -0.0613. The van der Waals surface area contributed by atoms with Crippen molar-refractivity contribution in [2.45, 2.75) is 49.8 Å². The fourth-order valence-electron chi connectivity index (χ4n) is 2.37. The average Bonchev–Trinajstić information content (AvgIpc) is 2.91. The third-order valence-electron chi connectivity index (χ3n) is 3.81. The van der Waals surface area contributed by atoms with Crippen molar-refractivity contribution in [1.29, 1.82) is 0 Å². The Morgan fingerprint density at radius 3 is 2.75 bits per heavy atom. The Morgan fingerprint density at radius 1 is 1.50 bits per heavy atom. The number of carbonyl (C=O) groups is 1. The number of methoxy groups -OCH3 is 1. The monoisotopic (exact) mass is 243 g/mol. The summed E-state index contributed by atoms with van der Waals surface area (Å²) in [4.78, 5) is 11.3. The molecular weight excluding hydrogens is 222 g/mol. The van der Waals surface area contributed by atoms with E-state index in [0.29, 0.717) is 17.7 Å². The van der Waals surface area contributed by atoms with Gasteiger partial charge in [-0.2, -0.15) is 11.8 Å². The number of ether oxygens (including phenoxy) is 1. The molecule has 0 aliphatic heterocycles. The van der Waals surface area contributed by atoms with Gasteiger partial charge in [0.25, 0.3) is 0 Å². The molecule has 2 N–H and O–H groups in total. The van der Waals surface area contributed by atoms with Crippen molar-refractivity contribution >= 4 is 17.7 Å². The lowest BCUT2D eigenvalue weighted by Gasteiger charge is -2.19. The first-order chi connectivity index (χ1) is 7.65. The maximum absolute atomic E-state index is 11.3. The van der Waals surface area contributed by atoms with E-state index >= 15 is 0 Å². The normalized spacial score (nSPS) is 31.4. The van der Waals surface area contributed by atoms with E-state index in [1.54, 1.807) is 0 Å². The van der Waals surface area contributed by atoms with Crippen LogP contribution < -0.4 is 5.73 Å². The highest BCUT2D eigenvalue weighted by molar-refractivity contribution is 8.00. The first kappa shape index (κ1) is 12.2. The van der Waals surface area contributed by atoms with E-state index in [1.807, 2.05) is 11.8 Å². The highest BCUT2D eigenvalue weighted by atomic mass is 32.2. The van der Waals surface area contributed by atoms with Crippen molar-refractivity contribution in [2.24, 2.45) is 11.1 Å². The molecule has 3 nitrogen and oxygen atoms in total. The molecule has 0 aromatic carbocycles. The molecule has 0 aromatic heterocycles. The van der Waals surface area contributed by atoms with Crippen molar-refractivity contribution in [3.8, 4) is 0 Å². The molecule has 92 valence electrons. The minimum Gasteiger partial charge on any atom is -0.469 e. The molecule has 2 unspecified atom stereocenters. The van der Waals surface area contributed by atoms with E-state index in [1.165, 1.54) is 39.2 Å². The summed E-state index contributed by atoms with van der Waals surface area (Å²) in [5, 5.41) is 0.620. The fraction of sp³-hybridized carbons (Fsp3) is 0.917. The van der Waals surface area contributed by atoms with E-state index in [0.717, 1.165) is 5.75 Å². The van der Waals surface area contributed by atoms with Crippen molar-refractivity contribution < 1.29 is 9.53 Å². The molecular formula is C12H21NO2S. The Labute approximate surface area is 101 Å². The molecule has 0 spiro atoms. The van der Waals surface area contributed by atoms with Crippen LogP contribution in [0.25, 0.3) is 0 Å². The highest BCUT2D eigenvalue weighted by Crippen LogP contribution is 2.52. The number of rotatable bonds is 5. The Hall–Kier alpha value is -0.220. The predicted molar refractivity (Wildman–Crippen MR) is 66.4 cm³/mol. The lowest BCUT2D eigenvalue weighted by molar-refractivity contribution is -0.141. The molecule has 0 aromatic rings. The van der Waals surface area contributed by atoms with Crippen LogP contribution in [0.1, 0.15) is 38.5 Å². The van der Waals surface area contributed by atoms with Gasteiger partial charge < -0.3 is 10.5 Å². The predicted octanol–water partition coefficient (Wildman–Crippen LogP) is 1.94. The molecule has 2 aliphatic carbocycles. The number of carbonyl (C=O) groups excluding carboxylic acids is 1. The molecule has 2 rings (SSSR count). The zero-order chi connectivity index (χ0) is 11.6. The molecule has 4 heteroatoms. The summed E-state index contributed by atoms with van der Waals surface area (Å²) in [6.45, 7) is 0. The van der Waals surface area contributed by atoms with Crippen molar-refractivity contribution in [3.05, 3.63) is 0 Å². The van der Waals surface area contributed by atoms with Crippen LogP contribution in [0.15, 0.2) is 0 Å². The van der Waals surface area contributed by atoms with Gasteiger partial charge in [0, 0.05) is 11.3 Å². The van der Waals surface area contributed by atoms with Crippen molar-refractivity contribution in [1.82, 2.24) is 0 Å². The van der Waals surface area contributed by atoms with Crippen LogP contribution in [0.5, 0.6) is 0 Å². The summed E-state index contributed by atoms with van der Waals surface area (Å²) < 4.78 is 4.75. The van der Waals surface area contributed by atoms with Gasteiger partial charge in [-0.1, -0.05) is 6.42 Å². The Kier molecular flexibility index (Phi) is 3.80. The Morgan fingerprint density at radius 2 is 2.25 bits per heavy atom. The lowest BCUT2D eigenvalue weighted by atomic mass is 10.1. The number of thioether (sulfide) groups is 1. The smallest absolute Gasteiger partial charge is 0.306 e. The topological polar surface area (TPSA) is 52.3 Å². The molecule has 16 heavy (non-hydrogen) atoms. The van der Waals surface area contributed by atoms with Gasteiger partial charge in [0.05, 0.1) is 13.5 Å². The van der Waals surface area contributed by atoms with Crippen molar-refractivity contribution in [3.63, 3.8) is 0 Å². The van der Waals surface area contributed by atoms with Crippen LogP contribution in [0, 0.1) is 5.41 Å². The summed E-state index contributed by atoms with van der Waals surface area (Å²) in [6, 6.07) is 0.374. The van der Waals surface area contributed by atoms with E-state index in [4.69, 9.17) is 10.5 Å². The Balaban J connectivity index is 1.74. The number of esters is 1. The first-order valence-electron chi connectivity index (χ1n) is 6.09. The van der Waals surface area contributed by atoms with Crippen LogP contribution in [-0.2, 0) is 9.53 Å². The van der Waals surface area contributed by atoms with E-state index in [2.05, 4.69) is 0 Å². The second-order valence-electron chi connectivity index (χ2n) is 5.20. The summed E-state index contributed by atoms with van der Waals surface area (Å²) >= 11 is 1.98. The van der Waals surface area contributed by atoms with Gasteiger partial charge in [-0.25, -0.2) is 0 Å². The van der Waals surface area contributed by atoms with Crippen molar-refractivity contribution in [2.75, 3.05) is 12.9 Å². The molecule has 0 radical (unpaired) electrons. The van der Waals surface area contributed by atoms with Crippen LogP contribution in [0.3, 0.4) is 0 Å². The largest absolute Gasteiger partial charge is 0.469 e. The van der Waals surface area contributed by atoms with E-state index in [9.17, 15) is 4.79 Å². The number of nitrogens with two attached hydrogens (primary N) is 1. The van der Waals surface area contributed by atoms with Gasteiger partial charge in [0.1, 0.15) is 0 Å². The quantitative estimate of drug-likeness (QED) is 0.750. The average molecular weight is 243 g/mol. The number of hydrogen-bond donors (Lipinski definition) is 1. The van der Waals surface area contributed by atoms with Crippen LogP contribution in [0.4, 0.5) is 0 Å². The zero-order valence-electron chi connectivity index (χ0n) is 9.91. The maximum Gasteiger partial charge on any atom is 0.306 e.